The number of hydroxylamine groups is 1. The molecular formula is C8H14NNaO2. The summed E-state index contributed by atoms with van der Waals surface area (Å²) < 4.78 is 0. The van der Waals surface area contributed by atoms with Crippen LogP contribution < -0.4 is 35.0 Å². The maximum absolute atomic E-state index is 10.7. The van der Waals surface area contributed by atoms with Crippen LogP contribution in [0.4, 0.5) is 0 Å². The van der Waals surface area contributed by atoms with Crippen molar-refractivity contribution in [3.05, 3.63) is 5.21 Å². The van der Waals surface area contributed by atoms with Gasteiger partial charge in [0.05, 0.1) is 0 Å². The van der Waals surface area contributed by atoms with Crippen LogP contribution >= 0.6 is 0 Å². The molecule has 0 aromatic carbocycles. The molecule has 0 saturated heterocycles. The quantitative estimate of drug-likeness (QED) is 0.417. The molecule has 1 aliphatic rings. The van der Waals surface area contributed by atoms with Crippen molar-refractivity contribution in [1.82, 2.24) is 5.48 Å². The van der Waals surface area contributed by atoms with Crippen molar-refractivity contribution in [2.75, 3.05) is 0 Å². The Balaban J connectivity index is 0.00000121. The normalized spacial score (nSPS) is 18.1. The first-order valence-corrected chi connectivity index (χ1v) is 4.24. The molecule has 0 spiro atoms. The van der Waals surface area contributed by atoms with Gasteiger partial charge in [0.2, 0.25) is 5.91 Å². The first-order chi connectivity index (χ1) is 5.33. The Kier molecular flexibility index (Phi) is 7.14. The number of carbonyl (C=O) groups is 1. The van der Waals surface area contributed by atoms with Crippen molar-refractivity contribution in [1.29, 1.82) is 0 Å². The van der Waals surface area contributed by atoms with E-state index in [9.17, 15) is 10.0 Å². The van der Waals surface area contributed by atoms with Gasteiger partial charge in [0, 0.05) is 6.42 Å². The summed E-state index contributed by atoms with van der Waals surface area (Å²) in [5.41, 5.74) is 1.42. The van der Waals surface area contributed by atoms with Crippen LogP contribution in [0.5, 0.6) is 0 Å². The first kappa shape index (κ1) is 12.4. The van der Waals surface area contributed by atoms with Gasteiger partial charge in [0.15, 0.2) is 0 Å². The molecule has 0 bridgehead atoms. The summed E-state index contributed by atoms with van der Waals surface area (Å²) in [6.45, 7) is 0. The van der Waals surface area contributed by atoms with Gasteiger partial charge in [-0.1, -0.05) is 19.3 Å². The summed E-state index contributed by atoms with van der Waals surface area (Å²) in [6, 6.07) is 0. The third-order valence-corrected chi connectivity index (χ3v) is 2.31. The molecule has 0 aromatic heterocycles. The van der Waals surface area contributed by atoms with Crippen molar-refractivity contribution in [2.24, 2.45) is 5.92 Å². The molecule has 1 fully saturated rings. The van der Waals surface area contributed by atoms with Crippen molar-refractivity contribution in [3.63, 3.8) is 0 Å². The smallest absolute Gasteiger partial charge is 0.759 e. The van der Waals surface area contributed by atoms with E-state index >= 15 is 0 Å². The van der Waals surface area contributed by atoms with Crippen LogP contribution in [0.3, 0.4) is 0 Å². The molecule has 0 aromatic rings. The van der Waals surface area contributed by atoms with E-state index in [0.29, 0.717) is 12.3 Å². The standard InChI is InChI=1S/C8H14NO2.Na/c10-8(9-11)6-7-4-2-1-3-5-7;/h7H,1-6H2,(H-,9,10,11);/q-1;+1. The minimum Gasteiger partial charge on any atom is -0.759 e. The molecule has 3 nitrogen and oxygen atoms in total. The molecule has 0 radical (unpaired) electrons. The summed E-state index contributed by atoms with van der Waals surface area (Å²) in [7, 11) is 0. The second kappa shape index (κ2) is 6.89. The molecule has 4 heteroatoms. The fourth-order valence-corrected chi connectivity index (χ4v) is 1.70. The monoisotopic (exact) mass is 179 g/mol. The molecule has 64 valence electrons. The maximum atomic E-state index is 10.7. The van der Waals surface area contributed by atoms with E-state index in [-0.39, 0.29) is 35.5 Å². The Morgan fingerprint density at radius 2 is 1.92 bits per heavy atom. The third kappa shape index (κ3) is 4.45. The zero-order chi connectivity index (χ0) is 8.10. The maximum Gasteiger partial charge on any atom is 1.00 e. The van der Waals surface area contributed by atoms with Gasteiger partial charge >= 0.3 is 29.6 Å². The van der Waals surface area contributed by atoms with Gasteiger partial charge in [-0.25, -0.2) is 0 Å². The molecule has 0 heterocycles. The minimum absolute atomic E-state index is 0. The molecule has 1 amide bonds. The van der Waals surface area contributed by atoms with Crippen LogP contribution in [0.2, 0.25) is 0 Å². The summed E-state index contributed by atoms with van der Waals surface area (Å²) >= 11 is 0. The van der Waals surface area contributed by atoms with Crippen LogP contribution in [-0.4, -0.2) is 5.91 Å². The zero-order valence-corrected chi connectivity index (χ0v) is 9.64. The average molecular weight is 179 g/mol. The van der Waals surface area contributed by atoms with Gasteiger partial charge in [-0.3, -0.25) is 4.79 Å². The van der Waals surface area contributed by atoms with Gasteiger partial charge in [-0.15, -0.1) is 0 Å². The fraction of sp³-hybridized carbons (Fsp3) is 0.875. The van der Waals surface area contributed by atoms with E-state index in [4.69, 9.17) is 0 Å². The molecule has 1 aliphatic carbocycles. The molecule has 0 aliphatic heterocycles. The molecule has 0 atom stereocenters. The SMILES string of the molecule is O=C(CC1CCCCC1)N[O-].[Na+]. The van der Waals surface area contributed by atoms with Gasteiger partial charge in [-0.2, -0.15) is 0 Å². The number of hydrogen-bond donors (Lipinski definition) is 1. The van der Waals surface area contributed by atoms with E-state index < -0.39 is 0 Å². The Labute approximate surface area is 95.2 Å². The predicted octanol–water partition coefficient (Wildman–Crippen LogP) is -1.43. The molecule has 0 unspecified atom stereocenters. The Morgan fingerprint density at radius 1 is 1.33 bits per heavy atom. The summed E-state index contributed by atoms with van der Waals surface area (Å²) in [4.78, 5) is 10.7. The van der Waals surface area contributed by atoms with Gasteiger partial charge < -0.3 is 10.7 Å². The van der Waals surface area contributed by atoms with Crippen LogP contribution in [0.25, 0.3) is 0 Å². The second-order valence-electron chi connectivity index (χ2n) is 3.23. The largest absolute Gasteiger partial charge is 1.00 e. The average Bonchev–Trinajstić information content (AvgIpc) is 2.06. The molecule has 1 saturated carbocycles. The van der Waals surface area contributed by atoms with Crippen molar-refractivity contribution in [3.8, 4) is 0 Å². The van der Waals surface area contributed by atoms with Crippen LogP contribution in [-0.2, 0) is 4.79 Å². The fourth-order valence-electron chi connectivity index (χ4n) is 1.70. The van der Waals surface area contributed by atoms with Gasteiger partial charge in [-0.05, 0) is 18.8 Å². The summed E-state index contributed by atoms with van der Waals surface area (Å²) in [6.07, 6.45) is 6.40. The van der Waals surface area contributed by atoms with Crippen LogP contribution in [0.1, 0.15) is 38.5 Å². The summed E-state index contributed by atoms with van der Waals surface area (Å²) in [5, 5.41) is 9.90. The van der Waals surface area contributed by atoms with Crippen molar-refractivity contribution < 1.29 is 34.4 Å². The second-order valence-corrected chi connectivity index (χ2v) is 3.23. The van der Waals surface area contributed by atoms with Gasteiger partial charge in [0.1, 0.15) is 0 Å². The number of hydrogen-bond acceptors (Lipinski definition) is 2. The Morgan fingerprint density at radius 3 is 2.42 bits per heavy atom. The van der Waals surface area contributed by atoms with E-state index in [1.807, 2.05) is 0 Å². The first-order valence-electron chi connectivity index (χ1n) is 4.24. The molecule has 1 rings (SSSR count). The Bertz CT molecular complexity index is 135. The van der Waals surface area contributed by atoms with Crippen LogP contribution in [0, 0.1) is 11.1 Å². The minimum atomic E-state index is -0.350. The van der Waals surface area contributed by atoms with Crippen LogP contribution in [0.15, 0.2) is 0 Å². The van der Waals surface area contributed by atoms with Crippen molar-refractivity contribution >= 4 is 5.91 Å². The van der Waals surface area contributed by atoms with Gasteiger partial charge in [0.25, 0.3) is 0 Å². The topological polar surface area (TPSA) is 52.2 Å². The van der Waals surface area contributed by atoms with E-state index in [1.54, 1.807) is 0 Å². The number of nitrogens with one attached hydrogen (secondary N) is 1. The zero-order valence-electron chi connectivity index (χ0n) is 7.64. The van der Waals surface area contributed by atoms with E-state index in [2.05, 4.69) is 0 Å². The predicted molar refractivity (Wildman–Crippen MR) is 42.7 cm³/mol. The van der Waals surface area contributed by atoms with Crippen molar-refractivity contribution in [2.45, 2.75) is 38.5 Å². The molecule has 12 heavy (non-hydrogen) atoms. The summed E-state index contributed by atoms with van der Waals surface area (Å²) in [5.74, 6) is 0.120. The number of carbonyl (C=O) groups excluding carboxylic acids is 1. The Hall–Kier alpha value is 0.430. The van der Waals surface area contributed by atoms with E-state index in [0.717, 1.165) is 12.8 Å². The number of amides is 1. The third-order valence-electron chi connectivity index (χ3n) is 2.31. The molecule has 1 N–H and O–H groups in total. The number of rotatable bonds is 2. The molecular weight excluding hydrogens is 165 g/mol. The van der Waals surface area contributed by atoms with E-state index in [1.165, 1.54) is 24.7 Å².